The molecule has 0 aromatic heterocycles. The molecule has 0 aliphatic carbocycles. The number of carbonyl (C=O) groups excluding carboxylic acids is 1. The summed E-state index contributed by atoms with van der Waals surface area (Å²) in [6.45, 7) is 0.444. The second-order valence-corrected chi connectivity index (χ2v) is 8.05. The van der Waals surface area contributed by atoms with E-state index in [1.165, 1.54) is 12.1 Å². The van der Waals surface area contributed by atoms with Crippen molar-refractivity contribution in [3.8, 4) is 5.75 Å². The van der Waals surface area contributed by atoms with Crippen LogP contribution in [0.5, 0.6) is 5.75 Å². The van der Waals surface area contributed by atoms with Crippen molar-refractivity contribution in [2.24, 2.45) is 11.7 Å². The molecule has 0 saturated carbocycles. The summed E-state index contributed by atoms with van der Waals surface area (Å²) in [5.41, 5.74) is 9.18. The molecular formula is C26H27FN2O3. The summed E-state index contributed by atoms with van der Waals surface area (Å²) in [4.78, 5) is 15.0. The van der Waals surface area contributed by atoms with Crippen molar-refractivity contribution in [3.63, 3.8) is 0 Å². The van der Waals surface area contributed by atoms with Gasteiger partial charge in [0.25, 0.3) is 0 Å². The molecule has 6 heteroatoms. The third-order valence-corrected chi connectivity index (χ3v) is 6.13. The van der Waals surface area contributed by atoms with Crippen LogP contribution in [0, 0.1) is 11.7 Å². The van der Waals surface area contributed by atoms with E-state index in [9.17, 15) is 14.3 Å². The lowest BCUT2D eigenvalue weighted by Gasteiger charge is -2.48. The third-order valence-electron chi connectivity index (χ3n) is 6.13. The van der Waals surface area contributed by atoms with Crippen LogP contribution < -0.4 is 15.4 Å². The molecule has 0 spiro atoms. The van der Waals surface area contributed by atoms with E-state index in [-0.39, 0.29) is 23.7 Å². The predicted molar refractivity (Wildman–Crippen MR) is 122 cm³/mol. The molecule has 32 heavy (non-hydrogen) atoms. The minimum Gasteiger partial charge on any atom is -0.497 e. The fourth-order valence-electron chi connectivity index (χ4n) is 4.28. The Labute approximate surface area is 187 Å². The number of ether oxygens (including phenoxy) is 1. The Morgan fingerprint density at radius 2 is 1.69 bits per heavy atom. The Morgan fingerprint density at radius 3 is 2.28 bits per heavy atom. The zero-order valence-electron chi connectivity index (χ0n) is 17.9. The second-order valence-electron chi connectivity index (χ2n) is 8.05. The third kappa shape index (κ3) is 4.38. The fourth-order valence-corrected chi connectivity index (χ4v) is 4.28. The molecule has 5 nitrogen and oxygen atoms in total. The lowest BCUT2D eigenvalue weighted by Crippen LogP contribution is -2.55. The number of β-lactam (4-membered cyclic amide) rings is 1. The lowest BCUT2D eigenvalue weighted by molar-refractivity contribution is -0.131. The molecule has 1 amide bonds. The van der Waals surface area contributed by atoms with Crippen molar-refractivity contribution < 1.29 is 19.0 Å². The summed E-state index contributed by atoms with van der Waals surface area (Å²) in [5.74, 6) is 0.179. The molecule has 1 aliphatic rings. The maximum absolute atomic E-state index is 13.2. The molecule has 1 unspecified atom stereocenters. The largest absolute Gasteiger partial charge is 0.497 e. The number of amides is 1. The number of hydrogen-bond donors (Lipinski definition) is 2. The SMILES string of the molecule is COc1ccc(C2[C@@H](CC[C@H](O)c3ccc(F)cc3)C(=O)N2c2ccc(CN)cc2)cc1. The number of aliphatic hydroxyl groups is 1. The number of aliphatic hydroxyl groups excluding tert-OH is 1. The lowest BCUT2D eigenvalue weighted by atomic mass is 9.78. The minimum absolute atomic E-state index is 0.0256. The first-order valence-electron chi connectivity index (χ1n) is 10.7. The molecule has 3 atom stereocenters. The summed E-state index contributed by atoms with van der Waals surface area (Å²) in [7, 11) is 1.62. The van der Waals surface area contributed by atoms with Crippen LogP contribution in [0.25, 0.3) is 0 Å². The standard InChI is InChI=1S/C26H27FN2O3/c1-32-22-12-6-19(7-13-22)25-23(14-15-24(30)18-4-8-20(27)9-5-18)26(31)29(25)21-10-2-17(16-28)3-11-21/h2-13,23-25,30H,14-16,28H2,1H3/t23-,24+,25?/m1/s1. The fraction of sp³-hybridized carbons (Fsp3) is 0.269. The van der Waals surface area contributed by atoms with Gasteiger partial charge in [-0.05, 0) is 65.9 Å². The van der Waals surface area contributed by atoms with E-state index in [1.807, 2.05) is 48.5 Å². The molecule has 3 aromatic carbocycles. The molecule has 3 N–H and O–H groups in total. The molecule has 0 bridgehead atoms. The highest BCUT2D eigenvalue weighted by molar-refractivity contribution is 6.03. The number of nitrogens with two attached hydrogens (primary N) is 1. The van der Waals surface area contributed by atoms with Crippen LogP contribution in [-0.2, 0) is 11.3 Å². The highest BCUT2D eigenvalue weighted by Crippen LogP contribution is 2.46. The van der Waals surface area contributed by atoms with Crippen molar-refractivity contribution in [2.45, 2.75) is 31.5 Å². The van der Waals surface area contributed by atoms with Gasteiger partial charge in [0.15, 0.2) is 0 Å². The molecule has 0 radical (unpaired) electrons. The molecular weight excluding hydrogens is 407 g/mol. The van der Waals surface area contributed by atoms with Crippen LogP contribution in [0.4, 0.5) is 10.1 Å². The van der Waals surface area contributed by atoms with Crippen LogP contribution in [-0.4, -0.2) is 18.1 Å². The average Bonchev–Trinajstić information content (AvgIpc) is 2.83. The number of benzene rings is 3. The first kappa shape index (κ1) is 22.0. The van der Waals surface area contributed by atoms with Gasteiger partial charge < -0.3 is 20.5 Å². The van der Waals surface area contributed by atoms with E-state index >= 15 is 0 Å². The highest BCUT2D eigenvalue weighted by Gasteiger charge is 2.48. The molecule has 1 aliphatic heterocycles. The van der Waals surface area contributed by atoms with Gasteiger partial charge in [-0.3, -0.25) is 4.79 Å². The number of halogens is 1. The van der Waals surface area contributed by atoms with Gasteiger partial charge in [-0.1, -0.05) is 36.4 Å². The summed E-state index contributed by atoms with van der Waals surface area (Å²) < 4.78 is 18.4. The van der Waals surface area contributed by atoms with Crippen molar-refractivity contribution in [3.05, 3.63) is 95.3 Å². The molecule has 1 saturated heterocycles. The van der Waals surface area contributed by atoms with Crippen LogP contribution in [0.15, 0.2) is 72.8 Å². The average molecular weight is 435 g/mol. The first-order valence-corrected chi connectivity index (χ1v) is 10.7. The smallest absolute Gasteiger partial charge is 0.233 e. The van der Waals surface area contributed by atoms with E-state index in [2.05, 4.69) is 0 Å². The van der Waals surface area contributed by atoms with Gasteiger partial charge in [0, 0.05) is 12.2 Å². The van der Waals surface area contributed by atoms with E-state index in [0.29, 0.717) is 24.9 Å². The predicted octanol–water partition coefficient (Wildman–Crippen LogP) is 4.51. The summed E-state index contributed by atoms with van der Waals surface area (Å²) in [6.07, 6.45) is 0.179. The van der Waals surface area contributed by atoms with E-state index in [4.69, 9.17) is 10.5 Å². The van der Waals surface area contributed by atoms with Gasteiger partial charge in [-0.25, -0.2) is 4.39 Å². The Hall–Kier alpha value is -3.22. The molecule has 1 heterocycles. The quantitative estimate of drug-likeness (QED) is 0.512. The van der Waals surface area contributed by atoms with E-state index in [1.54, 1.807) is 24.1 Å². The minimum atomic E-state index is -0.752. The Morgan fingerprint density at radius 1 is 1.03 bits per heavy atom. The van der Waals surface area contributed by atoms with Gasteiger partial charge in [0.05, 0.1) is 25.2 Å². The van der Waals surface area contributed by atoms with Crippen LogP contribution in [0.1, 0.15) is 41.7 Å². The normalized spacial score (nSPS) is 18.9. The number of carbonyl (C=O) groups is 1. The van der Waals surface area contributed by atoms with E-state index < -0.39 is 6.10 Å². The summed E-state index contributed by atoms with van der Waals surface area (Å²) in [5, 5.41) is 10.6. The Balaban J connectivity index is 1.55. The van der Waals surface area contributed by atoms with Gasteiger partial charge >= 0.3 is 0 Å². The molecule has 4 rings (SSSR count). The molecule has 166 valence electrons. The number of methoxy groups -OCH3 is 1. The number of rotatable bonds is 8. The topological polar surface area (TPSA) is 75.8 Å². The summed E-state index contributed by atoms with van der Waals surface area (Å²) in [6, 6.07) is 21.1. The maximum atomic E-state index is 13.2. The maximum Gasteiger partial charge on any atom is 0.233 e. The van der Waals surface area contributed by atoms with E-state index in [0.717, 1.165) is 22.6 Å². The van der Waals surface area contributed by atoms with Gasteiger partial charge in [-0.2, -0.15) is 0 Å². The summed E-state index contributed by atoms with van der Waals surface area (Å²) >= 11 is 0. The second kappa shape index (κ2) is 9.51. The molecule has 3 aromatic rings. The van der Waals surface area contributed by atoms with Crippen molar-refractivity contribution in [2.75, 3.05) is 12.0 Å². The highest BCUT2D eigenvalue weighted by atomic mass is 19.1. The number of nitrogens with zero attached hydrogens (tertiary/aromatic N) is 1. The zero-order valence-corrected chi connectivity index (χ0v) is 17.9. The van der Waals surface area contributed by atoms with Crippen molar-refractivity contribution >= 4 is 11.6 Å². The monoisotopic (exact) mass is 434 g/mol. The van der Waals surface area contributed by atoms with Crippen molar-refractivity contribution in [1.29, 1.82) is 0 Å². The molecule has 1 fully saturated rings. The Bertz CT molecular complexity index is 1050. The van der Waals surface area contributed by atoms with Crippen molar-refractivity contribution in [1.82, 2.24) is 0 Å². The van der Waals surface area contributed by atoms with Gasteiger partial charge in [0.1, 0.15) is 11.6 Å². The number of hydrogen-bond acceptors (Lipinski definition) is 4. The first-order chi connectivity index (χ1) is 15.5. The van der Waals surface area contributed by atoms with Crippen LogP contribution in [0.2, 0.25) is 0 Å². The zero-order chi connectivity index (χ0) is 22.7. The van der Waals surface area contributed by atoms with Gasteiger partial charge in [0.2, 0.25) is 5.91 Å². The number of anilines is 1. The van der Waals surface area contributed by atoms with Crippen LogP contribution >= 0.6 is 0 Å². The Kier molecular flexibility index (Phi) is 6.53. The van der Waals surface area contributed by atoms with Gasteiger partial charge in [-0.15, -0.1) is 0 Å². The van der Waals surface area contributed by atoms with Crippen LogP contribution in [0.3, 0.4) is 0 Å².